The second-order valence-electron chi connectivity index (χ2n) is 5.24. The van der Waals surface area contributed by atoms with Gasteiger partial charge in [-0.1, -0.05) is 23.2 Å². The number of fused-ring (bicyclic) bond motifs is 1. The molecule has 0 amide bonds. The molecule has 0 aromatic heterocycles. The summed E-state index contributed by atoms with van der Waals surface area (Å²) in [7, 11) is -3.85. The third kappa shape index (κ3) is 2.90. The molecule has 0 atom stereocenters. The maximum Gasteiger partial charge on any atom is 0.265 e. The van der Waals surface area contributed by atoms with Gasteiger partial charge in [-0.2, -0.15) is 0 Å². The van der Waals surface area contributed by atoms with Gasteiger partial charge in [0.1, 0.15) is 4.90 Å². The molecule has 0 spiro atoms. The number of rotatable bonds is 4. The molecule has 2 aromatic rings. The van der Waals surface area contributed by atoms with Gasteiger partial charge in [0.15, 0.2) is 11.5 Å². The molecule has 0 N–H and O–H groups in total. The Balaban J connectivity index is 2.08. The second kappa shape index (κ2) is 6.35. The molecule has 1 aliphatic heterocycles. The van der Waals surface area contributed by atoms with Gasteiger partial charge in [0.25, 0.3) is 10.0 Å². The van der Waals surface area contributed by atoms with Crippen molar-refractivity contribution >= 4 is 38.9 Å². The van der Waals surface area contributed by atoms with Crippen LogP contribution in [0.15, 0.2) is 35.2 Å². The van der Waals surface area contributed by atoms with Gasteiger partial charge in [-0.05, 0) is 43.7 Å². The predicted molar refractivity (Wildman–Crippen MR) is 94.0 cm³/mol. The number of ether oxygens (including phenoxy) is 2. The van der Waals surface area contributed by atoms with Crippen LogP contribution in [0.1, 0.15) is 12.5 Å². The monoisotopic (exact) mass is 387 g/mol. The van der Waals surface area contributed by atoms with Crippen LogP contribution in [0.5, 0.6) is 11.5 Å². The summed E-state index contributed by atoms with van der Waals surface area (Å²) in [6.45, 7) is 3.84. The van der Waals surface area contributed by atoms with Crippen molar-refractivity contribution in [1.82, 2.24) is 0 Å². The van der Waals surface area contributed by atoms with Crippen LogP contribution in [0.2, 0.25) is 10.0 Å². The van der Waals surface area contributed by atoms with Crippen LogP contribution in [0.4, 0.5) is 5.69 Å². The third-order valence-electron chi connectivity index (χ3n) is 3.71. The average molecular weight is 388 g/mol. The van der Waals surface area contributed by atoms with E-state index in [0.29, 0.717) is 27.8 Å². The smallest absolute Gasteiger partial charge is 0.265 e. The quantitative estimate of drug-likeness (QED) is 0.786. The van der Waals surface area contributed by atoms with E-state index < -0.39 is 10.0 Å². The van der Waals surface area contributed by atoms with Crippen molar-refractivity contribution in [2.75, 3.05) is 17.6 Å². The number of hydrogen-bond acceptors (Lipinski definition) is 4. The van der Waals surface area contributed by atoms with E-state index in [2.05, 4.69) is 0 Å². The fourth-order valence-electron chi connectivity index (χ4n) is 2.48. The molecule has 0 saturated heterocycles. The van der Waals surface area contributed by atoms with Crippen molar-refractivity contribution in [3.05, 3.63) is 45.9 Å². The van der Waals surface area contributed by atoms with Crippen LogP contribution in [-0.2, 0) is 10.0 Å². The first-order valence-corrected chi connectivity index (χ1v) is 9.42. The molecule has 1 heterocycles. The van der Waals surface area contributed by atoms with Gasteiger partial charge in [0.05, 0.1) is 10.7 Å². The molecular formula is C16H15Cl2NO4S. The minimum Gasteiger partial charge on any atom is -0.454 e. The predicted octanol–water partition coefficient (Wildman–Crippen LogP) is 4.25. The molecule has 0 fully saturated rings. The number of aryl methyl sites for hydroxylation is 1. The molecule has 128 valence electrons. The molecule has 2 aromatic carbocycles. The van der Waals surface area contributed by atoms with E-state index >= 15 is 0 Å². The van der Waals surface area contributed by atoms with E-state index in [1.807, 2.05) is 0 Å². The summed E-state index contributed by atoms with van der Waals surface area (Å²) >= 11 is 12.1. The number of nitrogens with zero attached hydrogens (tertiary/aromatic N) is 1. The van der Waals surface area contributed by atoms with Crippen LogP contribution >= 0.6 is 23.2 Å². The van der Waals surface area contributed by atoms with Crippen molar-refractivity contribution < 1.29 is 17.9 Å². The first-order valence-electron chi connectivity index (χ1n) is 7.22. The van der Waals surface area contributed by atoms with Crippen LogP contribution in [0.3, 0.4) is 0 Å². The maximum atomic E-state index is 13.1. The average Bonchev–Trinajstić information content (AvgIpc) is 2.99. The standard InChI is InChI=1S/C16H15Cl2NO4S/c1-3-19(11-4-5-14-15(7-11)23-9-22-14)24(20,21)16-6-10(2)12(17)8-13(16)18/h4-8H,3,9H2,1-2H3. The highest BCUT2D eigenvalue weighted by Gasteiger charge is 2.28. The lowest BCUT2D eigenvalue weighted by Crippen LogP contribution is -2.31. The minimum atomic E-state index is -3.85. The van der Waals surface area contributed by atoms with E-state index in [9.17, 15) is 8.42 Å². The van der Waals surface area contributed by atoms with Gasteiger partial charge >= 0.3 is 0 Å². The summed E-state index contributed by atoms with van der Waals surface area (Å²) in [5.74, 6) is 1.10. The molecule has 0 unspecified atom stereocenters. The lowest BCUT2D eigenvalue weighted by molar-refractivity contribution is 0.174. The van der Waals surface area contributed by atoms with Crippen LogP contribution in [-0.4, -0.2) is 21.8 Å². The normalized spacial score (nSPS) is 13.2. The Morgan fingerprint density at radius 3 is 2.50 bits per heavy atom. The van der Waals surface area contributed by atoms with Gasteiger partial charge in [-0.15, -0.1) is 0 Å². The van der Waals surface area contributed by atoms with Crippen molar-refractivity contribution in [2.45, 2.75) is 18.7 Å². The summed E-state index contributed by atoms with van der Waals surface area (Å²) in [5, 5.41) is 0.509. The Morgan fingerprint density at radius 1 is 1.08 bits per heavy atom. The van der Waals surface area contributed by atoms with Crippen LogP contribution < -0.4 is 13.8 Å². The largest absolute Gasteiger partial charge is 0.454 e. The number of benzene rings is 2. The van der Waals surface area contributed by atoms with Gasteiger partial charge < -0.3 is 9.47 Å². The highest BCUT2D eigenvalue weighted by atomic mass is 35.5. The van der Waals surface area contributed by atoms with Gasteiger partial charge in [0, 0.05) is 17.6 Å². The summed E-state index contributed by atoms with van der Waals surface area (Å²) in [6, 6.07) is 7.92. The van der Waals surface area contributed by atoms with E-state index in [-0.39, 0.29) is 23.3 Å². The van der Waals surface area contributed by atoms with Crippen molar-refractivity contribution in [2.24, 2.45) is 0 Å². The zero-order valence-corrected chi connectivity index (χ0v) is 15.4. The lowest BCUT2D eigenvalue weighted by atomic mass is 10.2. The third-order valence-corrected chi connectivity index (χ3v) is 6.49. The summed E-state index contributed by atoms with van der Waals surface area (Å²) in [4.78, 5) is 0.0191. The molecule has 0 aliphatic carbocycles. The number of sulfonamides is 1. The first-order chi connectivity index (χ1) is 11.3. The molecule has 3 rings (SSSR count). The second-order valence-corrected chi connectivity index (χ2v) is 7.88. The first kappa shape index (κ1) is 17.2. The number of anilines is 1. The van der Waals surface area contributed by atoms with Crippen molar-refractivity contribution in [1.29, 1.82) is 0 Å². The Morgan fingerprint density at radius 2 is 1.79 bits per heavy atom. The van der Waals surface area contributed by atoms with E-state index in [1.165, 1.54) is 16.4 Å². The number of hydrogen-bond donors (Lipinski definition) is 0. The Kier molecular flexibility index (Phi) is 4.55. The fraction of sp³-hybridized carbons (Fsp3) is 0.250. The Bertz CT molecular complexity index is 899. The van der Waals surface area contributed by atoms with Crippen molar-refractivity contribution in [3.8, 4) is 11.5 Å². The minimum absolute atomic E-state index is 0.0191. The lowest BCUT2D eigenvalue weighted by Gasteiger charge is -2.24. The molecule has 0 bridgehead atoms. The highest BCUT2D eigenvalue weighted by molar-refractivity contribution is 7.93. The van der Waals surface area contributed by atoms with Crippen LogP contribution in [0, 0.1) is 6.92 Å². The van der Waals surface area contributed by atoms with Gasteiger partial charge in [0.2, 0.25) is 6.79 Å². The maximum absolute atomic E-state index is 13.1. The molecule has 1 aliphatic rings. The molecule has 0 saturated carbocycles. The Hall–Kier alpha value is -1.63. The van der Waals surface area contributed by atoms with E-state index in [0.717, 1.165) is 0 Å². The molecular weight excluding hydrogens is 373 g/mol. The molecule has 0 radical (unpaired) electrons. The van der Waals surface area contributed by atoms with E-state index in [1.54, 1.807) is 32.0 Å². The van der Waals surface area contributed by atoms with Crippen molar-refractivity contribution in [3.63, 3.8) is 0 Å². The highest BCUT2D eigenvalue weighted by Crippen LogP contribution is 2.38. The summed E-state index contributed by atoms with van der Waals surface area (Å²) in [6.07, 6.45) is 0. The van der Waals surface area contributed by atoms with Crippen LogP contribution in [0.25, 0.3) is 0 Å². The molecule has 24 heavy (non-hydrogen) atoms. The number of halogens is 2. The van der Waals surface area contributed by atoms with Gasteiger partial charge in [-0.3, -0.25) is 4.31 Å². The Labute approximate surface area is 150 Å². The topological polar surface area (TPSA) is 55.8 Å². The van der Waals surface area contributed by atoms with Gasteiger partial charge in [-0.25, -0.2) is 8.42 Å². The molecule has 5 nitrogen and oxygen atoms in total. The zero-order valence-electron chi connectivity index (χ0n) is 13.0. The summed E-state index contributed by atoms with van der Waals surface area (Å²) < 4.78 is 38.0. The van der Waals surface area contributed by atoms with E-state index in [4.69, 9.17) is 32.7 Å². The zero-order chi connectivity index (χ0) is 17.5. The fourth-order valence-corrected chi connectivity index (χ4v) is 4.75. The SMILES string of the molecule is CCN(c1ccc2c(c1)OCO2)S(=O)(=O)c1cc(C)c(Cl)cc1Cl. The molecule has 8 heteroatoms. The summed E-state index contributed by atoms with van der Waals surface area (Å²) in [5.41, 5.74) is 1.12.